The lowest BCUT2D eigenvalue weighted by Gasteiger charge is -2.10. The lowest BCUT2D eigenvalue weighted by molar-refractivity contribution is -0.137. The summed E-state index contributed by atoms with van der Waals surface area (Å²) in [6.07, 6.45) is 0.252. The fourth-order valence-corrected chi connectivity index (χ4v) is 1.68. The minimum atomic E-state index is -0.335. The topological polar surface area (TPSA) is 46.6 Å². The number of ether oxygens (including phenoxy) is 1. The van der Waals surface area contributed by atoms with Crippen LogP contribution < -0.4 is 4.74 Å². The lowest BCUT2D eigenvalue weighted by Crippen LogP contribution is -2.27. The van der Waals surface area contributed by atoms with Crippen molar-refractivity contribution in [1.29, 1.82) is 0 Å². The summed E-state index contributed by atoms with van der Waals surface area (Å²) in [6.45, 7) is 0.263. The minimum absolute atomic E-state index is 0.133. The van der Waals surface area contributed by atoms with Crippen LogP contribution in [0.4, 0.5) is 0 Å². The summed E-state index contributed by atoms with van der Waals surface area (Å²) < 4.78 is 5.46. The molecule has 2 amide bonds. The number of carbonyl (C=O) groups is 2. The standard InChI is InChI=1S/C12H13NO3/c1-13-11(14)7-9(12(13)15)8-16-10-5-3-2-4-6-10/h2-6,9H,7-8H2,1H3. The van der Waals surface area contributed by atoms with Crippen molar-refractivity contribution in [3.05, 3.63) is 30.3 Å². The van der Waals surface area contributed by atoms with Crippen molar-refractivity contribution in [2.45, 2.75) is 6.42 Å². The highest BCUT2D eigenvalue weighted by atomic mass is 16.5. The number of para-hydroxylation sites is 1. The van der Waals surface area contributed by atoms with Gasteiger partial charge in [0.05, 0.1) is 5.92 Å². The van der Waals surface area contributed by atoms with E-state index in [2.05, 4.69) is 0 Å². The van der Waals surface area contributed by atoms with Gasteiger partial charge in [-0.25, -0.2) is 0 Å². The number of rotatable bonds is 3. The lowest BCUT2D eigenvalue weighted by atomic mass is 10.1. The Balaban J connectivity index is 1.92. The van der Waals surface area contributed by atoms with Crippen LogP contribution in [0.15, 0.2) is 30.3 Å². The van der Waals surface area contributed by atoms with Crippen LogP contribution in [-0.4, -0.2) is 30.4 Å². The molecule has 16 heavy (non-hydrogen) atoms. The summed E-state index contributed by atoms with van der Waals surface area (Å²) in [5.74, 6) is 0.0996. The third-order valence-electron chi connectivity index (χ3n) is 2.67. The van der Waals surface area contributed by atoms with Crippen LogP contribution in [0.5, 0.6) is 5.75 Å². The molecule has 1 fully saturated rings. The minimum Gasteiger partial charge on any atom is -0.493 e. The van der Waals surface area contributed by atoms with Gasteiger partial charge in [0.2, 0.25) is 11.8 Å². The highest BCUT2D eigenvalue weighted by Crippen LogP contribution is 2.19. The van der Waals surface area contributed by atoms with Crippen LogP contribution in [0.1, 0.15) is 6.42 Å². The molecule has 84 valence electrons. The van der Waals surface area contributed by atoms with E-state index in [1.807, 2.05) is 30.3 Å². The maximum atomic E-state index is 11.6. The van der Waals surface area contributed by atoms with Crippen LogP contribution in [0, 0.1) is 5.92 Å². The molecular weight excluding hydrogens is 206 g/mol. The maximum Gasteiger partial charge on any atom is 0.235 e. The third kappa shape index (κ3) is 2.05. The van der Waals surface area contributed by atoms with E-state index in [0.29, 0.717) is 0 Å². The zero-order valence-electron chi connectivity index (χ0n) is 9.05. The van der Waals surface area contributed by atoms with Crippen molar-refractivity contribution in [2.75, 3.05) is 13.7 Å². The molecule has 0 N–H and O–H groups in total. The Kier molecular flexibility index (Phi) is 2.90. The van der Waals surface area contributed by atoms with Crippen LogP contribution >= 0.6 is 0 Å². The molecule has 1 aromatic rings. The van der Waals surface area contributed by atoms with Crippen molar-refractivity contribution in [2.24, 2.45) is 5.92 Å². The Morgan fingerprint density at radius 2 is 2.00 bits per heavy atom. The monoisotopic (exact) mass is 219 g/mol. The second-order valence-electron chi connectivity index (χ2n) is 3.82. The number of amides is 2. The molecule has 0 radical (unpaired) electrons. The van der Waals surface area contributed by atoms with E-state index in [1.165, 1.54) is 11.9 Å². The number of nitrogens with zero attached hydrogens (tertiary/aromatic N) is 1. The SMILES string of the molecule is CN1C(=O)CC(COc2ccccc2)C1=O. The van der Waals surface area contributed by atoms with E-state index in [-0.39, 0.29) is 30.8 Å². The van der Waals surface area contributed by atoms with Gasteiger partial charge in [0.1, 0.15) is 12.4 Å². The van der Waals surface area contributed by atoms with Gasteiger partial charge in [-0.1, -0.05) is 18.2 Å². The molecule has 0 aromatic heterocycles. The van der Waals surface area contributed by atoms with E-state index < -0.39 is 0 Å². The highest BCUT2D eigenvalue weighted by Gasteiger charge is 2.36. The van der Waals surface area contributed by atoms with Crippen LogP contribution in [0.25, 0.3) is 0 Å². The number of imide groups is 1. The van der Waals surface area contributed by atoms with E-state index in [9.17, 15) is 9.59 Å². The van der Waals surface area contributed by atoms with Crippen LogP contribution in [-0.2, 0) is 9.59 Å². The van der Waals surface area contributed by atoms with E-state index >= 15 is 0 Å². The van der Waals surface area contributed by atoms with Crippen molar-refractivity contribution in [3.63, 3.8) is 0 Å². The van der Waals surface area contributed by atoms with Crippen molar-refractivity contribution in [1.82, 2.24) is 4.90 Å². The molecule has 1 aliphatic heterocycles. The number of likely N-dealkylation sites (tertiary alicyclic amines) is 1. The number of carbonyl (C=O) groups excluding carboxylic acids is 2. The second-order valence-corrected chi connectivity index (χ2v) is 3.82. The molecule has 2 rings (SSSR count). The molecule has 0 bridgehead atoms. The average molecular weight is 219 g/mol. The Morgan fingerprint density at radius 1 is 1.31 bits per heavy atom. The second kappa shape index (κ2) is 4.35. The zero-order valence-corrected chi connectivity index (χ0v) is 9.05. The predicted molar refractivity (Wildman–Crippen MR) is 57.8 cm³/mol. The summed E-state index contributed by atoms with van der Waals surface area (Å²) in [7, 11) is 1.51. The average Bonchev–Trinajstić information content (AvgIpc) is 2.56. The molecule has 1 atom stereocenters. The molecule has 0 aliphatic carbocycles. The summed E-state index contributed by atoms with van der Waals surface area (Å²) >= 11 is 0. The van der Waals surface area contributed by atoms with Gasteiger partial charge in [-0.15, -0.1) is 0 Å². The smallest absolute Gasteiger partial charge is 0.235 e. The first-order valence-electron chi connectivity index (χ1n) is 5.16. The van der Waals surface area contributed by atoms with Crippen LogP contribution in [0.2, 0.25) is 0 Å². The third-order valence-corrected chi connectivity index (χ3v) is 2.67. The van der Waals surface area contributed by atoms with Gasteiger partial charge >= 0.3 is 0 Å². The first-order chi connectivity index (χ1) is 7.68. The maximum absolute atomic E-state index is 11.6. The van der Waals surface area contributed by atoms with Crippen molar-refractivity contribution >= 4 is 11.8 Å². The number of hydrogen-bond acceptors (Lipinski definition) is 3. The number of benzene rings is 1. The fraction of sp³-hybridized carbons (Fsp3) is 0.333. The molecule has 1 saturated heterocycles. The van der Waals surface area contributed by atoms with Gasteiger partial charge in [0.25, 0.3) is 0 Å². The zero-order chi connectivity index (χ0) is 11.5. The quantitative estimate of drug-likeness (QED) is 0.714. The molecule has 0 saturated carbocycles. The first kappa shape index (κ1) is 10.7. The summed E-state index contributed by atoms with van der Waals surface area (Å²) in [6, 6.07) is 9.27. The molecule has 4 nitrogen and oxygen atoms in total. The number of hydrogen-bond donors (Lipinski definition) is 0. The molecule has 1 aliphatic rings. The fourth-order valence-electron chi connectivity index (χ4n) is 1.68. The first-order valence-corrected chi connectivity index (χ1v) is 5.16. The van der Waals surface area contributed by atoms with E-state index in [4.69, 9.17) is 4.74 Å². The molecular formula is C12H13NO3. The summed E-state index contributed by atoms with van der Waals surface area (Å²) in [5, 5.41) is 0. The van der Waals surface area contributed by atoms with Gasteiger partial charge < -0.3 is 4.74 Å². The van der Waals surface area contributed by atoms with Gasteiger partial charge in [-0.3, -0.25) is 14.5 Å². The Bertz CT molecular complexity index is 402. The normalized spacial score (nSPS) is 20.3. The van der Waals surface area contributed by atoms with Gasteiger partial charge in [0, 0.05) is 13.5 Å². The van der Waals surface area contributed by atoms with Crippen LogP contribution in [0.3, 0.4) is 0 Å². The molecule has 1 heterocycles. The summed E-state index contributed by atoms with van der Waals surface area (Å²) in [5.41, 5.74) is 0. The highest BCUT2D eigenvalue weighted by molar-refractivity contribution is 6.03. The van der Waals surface area contributed by atoms with Gasteiger partial charge in [0.15, 0.2) is 0 Å². The molecule has 1 unspecified atom stereocenters. The van der Waals surface area contributed by atoms with Gasteiger partial charge in [-0.05, 0) is 12.1 Å². The molecule has 1 aromatic carbocycles. The predicted octanol–water partition coefficient (Wildman–Crippen LogP) is 1.07. The Hall–Kier alpha value is -1.84. The Morgan fingerprint density at radius 3 is 2.56 bits per heavy atom. The largest absolute Gasteiger partial charge is 0.493 e. The Labute approximate surface area is 93.8 Å². The van der Waals surface area contributed by atoms with Crippen molar-refractivity contribution < 1.29 is 14.3 Å². The van der Waals surface area contributed by atoms with Crippen molar-refractivity contribution in [3.8, 4) is 5.75 Å². The van der Waals surface area contributed by atoms with Gasteiger partial charge in [-0.2, -0.15) is 0 Å². The molecule has 0 spiro atoms. The van der Waals surface area contributed by atoms with E-state index in [0.717, 1.165) is 5.75 Å². The van der Waals surface area contributed by atoms with E-state index in [1.54, 1.807) is 0 Å². The summed E-state index contributed by atoms with van der Waals surface area (Å²) in [4.78, 5) is 24.0. The molecule has 4 heteroatoms.